The van der Waals surface area contributed by atoms with Crippen LogP contribution in [0.1, 0.15) is 34.4 Å². The van der Waals surface area contributed by atoms with Gasteiger partial charge in [0.25, 0.3) is 5.56 Å². The van der Waals surface area contributed by atoms with Crippen molar-refractivity contribution in [3.63, 3.8) is 0 Å². The highest BCUT2D eigenvalue weighted by Gasteiger charge is 2.31. The minimum absolute atomic E-state index is 0.0143. The van der Waals surface area contributed by atoms with Crippen LogP contribution in [0.2, 0.25) is 0 Å². The number of nitrogens with zero attached hydrogens (tertiary/aromatic N) is 4. The summed E-state index contributed by atoms with van der Waals surface area (Å²) in [5.41, 5.74) is 7.67. The predicted octanol–water partition coefficient (Wildman–Crippen LogP) is 3.57. The van der Waals surface area contributed by atoms with Crippen molar-refractivity contribution in [2.24, 2.45) is 10.9 Å². The van der Waals surface area contributed by atoms with Gasteiger partial charge in [0.1, 0.15) is 0 Å². The van der Waals surface area contributed by atoms with Crippen molar-refractivity contribution < 1.29 is 9.47 Å². The fraction of sp³-hybridized carbons (Fsp3) is 0.433. The van der Waals surface area contributed by atoms with Crippen LogP contribution in [0.15, 0.2) is 46.2 Å². The number of benzene rings is 2. The van der Waals surface area contributed by atoms with Gasteiger partial charge in [-0.1, -0.05) is 17.7 Å². The Morgan fingerprint density at radius 2 is 1.66 bits per heavy atom. The van der Waals surface area contributed by atoms with Gasteiger partial charge in [-0.05, 0) is 62.4 Å². The van der Waals surface area contributed by atoms with E-state index in [-0.39, 0.29) is 11.5 Å². The van der Waals surface area contributed by atoms with E-state index in [1.54, 1.807) is 14.2 Å². The summed E-state index contributed by atoms with van der Waals surface area (Å²) in [6, 6.07) is 12.8. The summed E-state index contributed by atoms with van der Waals surface area (Å²) >= 11 is 0. The highest BCUT2D eigenvalue weighted by molar-refractivity contribution is 6.05. The molecule has 0 saturated carbocycles. The van der Waals surface area contributed by atoms with Crippen LogP contribution >= 0.6 is 0 Å². The summed E-state index contributed by atoms with van der Waals surface area (Å²) in [7, 11) is 3.32. The number of H-pyrrole nitrogens is 1. The maximum Gasteiger partial charge on any atom is 0.255 e. The standard InChI is InChI=1S/C30H35N5O3/c1-19-4-7-22(8-5-19)34-12-14-35(15-13-34)30-32-25-9-6-21(16-24(25)29(36)33-30)28-23-18-27(38-3)26(37-2)17-20(23)10-11-31-28/h4-5,7-8,17-18,21H,6,9-16H2,1-3H3,(H,32,33,36). The van der Waals surface area contributed by atoms with Crippen molar-refractivity contribution in [1.82, 2.24) is 9.97 Å². The van der Waals surface area contributed by atoms with E-state index >= 15 is 0 Å². The average Bonchev–Trinajstić information content (AvgIpc) is 2.96. The molecule has 8 heteroatoms. The second-order valence-corrected chi connectivity index (χ2v) is 10.4. The third-order valence-electron chi connectivity index (χ3n) is 8.18. The van der Waals surface area contributed by atoms with E-state index in [9.17, 15) is 4.79 Å². The Labute approximate surface area is 223 Å². The third kappa shape index (κ3) is 4.52. The fourth-order valence-electron chi connectivity index (χ4n) is 6.02. The molecule has 3 heterocycles. The summed E-state index contributed by atoms with van der Waals surface area (Å²) < 4.78 is 11.1. The van der Waals surface area contributed by atoms with E-state index < -0.39 is 0 Å². The molecule has 3 aliphatic rings. The third-order valence-corrected chi connectivity index (χ3v) is 8.18. The van der Waals surface area contributed by atoms with Gasteiger partial charge in [0, 0.05) is 61.2 Å². The van der Waals surface area contributed by atoms with Crippen LogP contribution < -0.4 is 24.8 Å². The van der Waals surface area contributed by atoms with E-state index in [4.69, 9.17) is 19.5 Å². The molecule has 8 nitrogen and oxygen atoms in total. The van der Waals surface area contributed by atoms with Crippen molar-refractivity contribution in [3.05, 3.63) is 74.7 Å². The summed E-state index contributed by atoms with van der Waals surface area (Å²) in [6.07, 6.45) is 3.25. The average molecular weight is 514 g/mol. The molecule has 2 aliphatic heterocycles. The van der Waals surface area contributed by atoms with Gasteiger partial charge in [-0.15, -0.1) is 0 Å². The van der Waals surface area contributed by atoms with Crippen LogP contribution in [0.25, 0.3) is 0 Å². The summed E-state index contributed by atoms with van der Waals surface area (Å²) in [6.45, 7) is 6.33. The lowest BCUT2D eigenvalue weighted by Gasteiger charge is -2.37. The maximum atomic E-state index is 13.3. The van der Waals surface area contributed by atoms with Crippen LogP contribution in [-0.4, -0.2) is 62.6 Å². The number of hydrogen-bond donors (Lipinski definition) is 1. The number of aliphatic imine (C=N–C) groups is 1. The molecule has 1 unspecified atom stereocenters. The second-order valence-electron chi connectivity index (χ2n) is 10.4. The fourth-order valence-corrected chi connectivity index (χ4v) is 6.02. The van der Waals surface area contributed by atoms with Gasteiger partial charge in [-0.2, -0.15) is 0 Å². The van der Waals surface area contributed by atoms with Crippen LogP contribution in [0.5, 0.6) is 11.5 Å². The van der Waals surface area contributed by atoms with Gasteiger partial charge in [0.05, 0.1) is 19.9 Å². The van der Waals surface area contributed by atoms with Gasteiger partial charge in [0.2, 0.25) is 5.95 Å². The largest absolute Gasteiger partial charge is 0.493 e. The van der Waals surface area contributed by atoms with E-state index in [1.165, 1.54) is 16.8 Å². The molecule has 1 aliphatic carbocycles. The Balaban J connectivity index is 1.19. The molecular formula is C30H35N5O3. The highest BCUT2D eigenvalue weighted by atomic mass is 16.5. The van der Waals surface area contributed by atoms with E-state index in [0.717, 1.165) is 80.3 Å². The number of methoxy groups -OCH3 is 2. The molecule has 1 atom stereocenters. The molecular weight excluding hydrogens is 478 g/mol. The molecule has 198 valence electrons. The molecule has 1 fully saturated rings. The molecule has 38 heavy (non-hydrogen) atoms. The highest BCUT2D eigenvalue weighted by Crippen LogP contribution is 2.36. The number of piperazine rings is 1. The first-order valence-corrected chi connectivity index (χ1v) is 13.5. The number of ether oxygens (including phenoxy) is 2. The van der Waals surface area contributed by atoms with Crippen LogP contribution in [-0.2, 0) is 19.3 Å². The number of anilines is 2. The summed E-state index contributed by atoms with van der Waals surface area (Å²) in [5.74, 6) is 2.34. The molecule has 2 aromatic carbocycles. The quantitative estimate of drug-likeness (QED) is 0.562. The van der Waals surface area contributed by atoms with Crippen molar-refractivity contribution in [2.75, 3.05) is 56.7 Å². The smallest absolute Gasteiger partial charge is 0.255 e. The van der Waals surface area contributed by atoms with E-state index in [1.807, 2.05) is 6.07 Å². The van der Waals surface area contributed by atoms with Crippen molar-refractivity contribution >= 4 is 17.3 Å². The molecule has 0 amide bonds. The first-order valence-electron chi connectivity index (χ1n) is 13.5. The minimum Gasteiger partial charge on any atom is -0.493 e. The Hall–Kier alpha value is -3.81. The van der Waals surface area contributed by atoms with Crippen molar-refractivity contribution in [1.29, 1.82) is 0 Å². The number of aromatic nitrogens is 2. The van der Waals surface area contributed by atoms with Gasteiger partial charge in [-0.25, -0.2) is 4.98 Å². The Bertz CT molecular complexity index is 1420. The number of hydrogen-bond acceptors (Lipinski definition) is 7. The van der Waals surface area contributed by atoms with Crippen LogP contribution in [0, 0.1) is 12.8 Å². The van der Waals surface area contributed by atoms with Crippen molar-refractivity contribution in [2.45, 2.75) is 32.6 Å². The summed E-state index contributed by atoms with van der Waals surface area (Å²) in [5, 5.41) is 0. The lowest BCUT2D eigenvalue weighted by molar-refractivity contribution is 0.354. The summed E-state index contributed by atoms with van der Waals surface area (Å²) in [4.78, 5) is 30.9. The molecule has 0 bridgehead atoms. The van der Waals surface area contributed by atoms with Gasteiger partial charge in [0.15, 0.2) is 11.5 Å². The van der Waals surface area contributed by atoms with E-state index in [2.05, 4.69) is 52.0 Å². The predicted molar refractivity (Wildman–Crippen MR) is 151 cm³/mol. The number of nitrogens with one attached hydrogen (secondary N) is 1. The topological polar surface area (TPSA) is 83.0 Å². The lowest BCUT2D eigenvalue weighted by Crippen LogP contribution is -2.47. The number of aryl methyl sites for hydroxylation is 2. The van der Waals surface area contributed by atoms with Gasteiger partial charge < -0.3 is 19.3 Å². The van der Waals surface area contributed by atoms with Crippen LogP contribution in [0.4, 0.5) is 11.6 Å². The van der Waals surface area contributed by atoms with Crippen molar-refractivity contribution in [3.8, 4) is 11.5 Å². The van der Waals surface area contributed by atoms with Crippen LogP contribution in [0.3, 0.4) is 0 Å². The molecule has 3 aromatic rings. The number of aromatic amines is 1. The van der Waals surface area contributed by atoms with Gasteiger partial charge in [-0.3, -0.25) is 14.8 Å². The molecule has 6 rings (SSSR count). The number of rotatable bonds is 5. The minimum atomic E-state index is -0.0143. The second kappa shape index (κ2) is 10.2. The van der Waals surface area contributed by atoms with E-state index in [0.29, 0.717) is 18.1 Å². The molecule has 1 aromatic heterocycles. The Kier molecular flexibility index (Phi) is 6.55. The van der Waals surface area contributed by atoms with Gasteiger partial charge >= 0.3 is 0 Å². The molecule has 1 N–H and O–H groups in total. The SMILES string of the molecule is COc1cc2c(cc1OC)C(C1CCc3nc(N4CCN(c5ccc(C)cc5)CC4)[nH]c(=O)c3C1)=NCC2. The lowest BCUT2D eigenvalue weighted by atomic mass is 9.79. The zero-order valence-corrected chi connectivity index (χ0v) is 22.4. The Morgan fingerprint density at radius 3 is 2.39 bits per heavy atom. The number of fused-ring (bicyclic) bond motifs is 2. The first-order chi connectivity index (χ1) is 18.5. The maximum absolute atomic E-state index is 13.3. The normalized spacial score (nSPS) is 18.9. The zero-order chi connectivity index (χ0) is 26.2. The first kappa shape index (κ1) is 24.5. The zero-order valence-electron chi connectivity index (χ0n) is 22.4. The molecule has 1 saturated heterocycles. The monoisotopic (exact) mass is 513 g/mol. The Morgan fingerprint density at radius 1 is 0.947 bits per heavy atom. The molecule has 0 spiro atoms. The molecule has 0 radical (unpaired) electrons.